The number of nitriles is 1. The van der Waals surface area contributed by atoms with E-state index in [0.29, 0.717) is 28.5 Å². The first-order chi connectivity index (χ1) is 18.3. The molecule has 1 aliphatic carbocycles. The lowest BCUT2D eigenvalue weighted by Crippen LogP contribution is -2.31. The first-order valence-corrected chi connectivity index (χ1v) is 13.8. The van der Waals surface area contributed by atoms with Crippen LogP contribution in [0, 0.1) is 18.3 Å². The predicted octanol–water partition coefficient (Wildman–Crippen LogP) is 5.11. The van der Waals surface area contributed by atoms with Gasteiger partial charge in [-0.25, -0.2) is 0 Å². The number of carbonyl (C=O) groups is 2. The van der Waals surface area contributed by atoms with E-state index in [1.54, 1.807) is 13.2 Å². The number of Topliss-reactive ketones (excluding diaryl/α,β-unsaturated/α-hetero) is 1. The topological polar surface area (TPSA) is 113 Å². The summed E-state index contributed by atoms with van der Waals surface area (Å²) >= 11 is 6.62. The van der Waals surface area contributed by atoms with Gasteiger partial charge in [-0.1, -0.05) is 55.4 Å². The summed E-state index contributed by atoms with van der Waals surface area (Å²) in [7, 11) is 1.59. The molecule has 2 aromatic rings. The molecule has 1 amide bonds. The molecule has 1 aliphatic heterocycles. The number of aromatic nitrogens is 1. The third kappa shape index (κ3) is 5.54. The van der Waals surface area contributed by atoms with Gasteiger partial charge in [-0.3, -0.25) is 23.9 Å². The van der Waals surface area contributed by atoms with Gasteiger partial charge in [0.2, 0.25) is 5.88 Å². The van der Waals surface area contributed by atoms with E-state index in [2.05, 4.69) is 0 Å². The Morgan fingerprint density at radius 2 is 1.92 bits per heavy atom. The third-order valence-corrected chi connectivity index (χ3v) is 8.42. The van der Waals surface area contributed by atoms with E-state index in [-0.39, 0.29) is 53.3 Å². The molecule has 1 N–H and O–H groups in total. The minimum Gasteiger partial charge on any atom is -0.497 e. The van der Waals surface area contributed by atoms with Crippen LogP contribution in [0.3, 0.4) is 0 Å². The van der Waals surface area contributed by atoms with Crippen LogP contribution in [0.25, 0.3) is 6.08 Å². The maximum atomic E-state index is 13.2. The van der Waals surface area contributed by atoms with Crippen LogP contribution < -0.4 is 10.3 Å². The molecule has 1 saturated heterocycles. The fraction of sp³-hybridized carbons (Fsp3) is 0.393. The lowest BCUT2D eigenvalue weighted by molar-refractivity contribution is -0.122. The highest BCUT2D eigenvalue weighted by Crippen LogP contribution is 2.35. The van der Waals surface area contributed by atoms with E-state index in [9.17, 15) is 24.8 Å². The highest BCUT2D eigenvalue weighted by molar-refractivity contribution is 8.26. The fourth-order valence-corrected chi connectivity index (χ4v) is 6.31. The number of thiocarbonyl (C=S) groups is 1. The number of thioether (sulfide) groups is 1. The SMILES string of the molecule is COc1ccc(/C=C2\SC(=S)N(CCCC(=O)c3c(C)c(C#N)c(=O)n(C4CCCCC4)c3O)C2=O)cc1. The number of benzene rings is 1. The number of ether oxygens (including phenoxy) is 1. The summed E-state index contributed by atoms with van der Waals surface area (Å²) in [6.07, 6.45) is 6.44. The van der Waals surface area contributed by atoms with Crippen molar-refractivity contribution >= 4 is 46.1 Å². The van der Waals surface area contributed by atoms with Crippen molar-refractivity contribution in [3.05, 3.63) is 61.8 Å². The van der Waals surface area contributed by atoms with Crippen molar-refractivity contribution in [3.8, 4) is 17.7 Å². The molecule has 198 valence electrons. The number of pyridine rings is 1. The number of aromatic hydroxyl groups is 1. The number of amides is 1. The Bertz CT molecular complexity index is 1400. The molecule has 0 unspecified atom stereocenters. The molecular formula is C28H29N3O5S2. The zero-order valence-electron chi connectivity index (χ0n) is 21.4. The van der Waals surface area contributed by atoms with Crippen molar-refractivity contribution in [3.63, 3.8) is 0 Å². The number of nitrogens with zero attached hydrogens (tertiary/aromatic N) is 3. The largest absolute Gasteiger partial charge is 0.497 e. The standard InChI is InChI=1S/C28H29N3O5S2/c1-17-21(16-29)25(33)31(19-7-4-3-5-8-19)27(35)24(17)22(32)9-6-14-30-26(34)23(38-28(30)37)15-18-10-12-20(36-2)13-11-18/h10-13,15,19,35H,3-9,14H2,1-2H3/b23-15-. The molecule has 1 aromatic heterocycles. The van der Waals surface area contributed by atoms with Crippen molar-refractivity contribution in [1.29, 1.82) is 5.26 Å². The van der Waals surface area contributed by atoms with E-state index in [1.165, 1.54) is 28.2 Å². The zero-order valence-corrected chi connectivity index (χ0v) is 23.0. The Morgan fingerprint density at radius 1 is 1.24 bits per heavy atom. The van der Waals surface area contributed by atoms with E-state index in [0.717, 1.165) is 30.6 Å². The molecule has 8 nitrogen and oxygen atoms in total. The second-order valence-electron chi connectivity index (χ2n) is 9.41. The number of hydrogen-bond acceptors (Lipinski definition) is 8. The van der Waals surface area contributed by atoms with Gasteiger partial charge in [-0.2, -0.15) is 5.26 Å². The van der Waals surface area contributed by atoms with Gasteiger partial charge >= 0.3 is 0 Å². The summed E-state index contributed by atoms with van der Waals surface area (Å²) in [6.45, 7) is 1.76. The number of rotatable bonds is 8. The van der Waals surface area contributed by atoms with Crippen LogP contribution in [0.15, 0.2) is 34.0 Å². The van der Waals surface area contributed by atoms with E-state index >= 15 is 0 Å². The fourth-order valence-electron chi connectivity index (χ4n) is 5.00. The van der Waals surface area contributed by atoms with Gasteiger partial charge in [0.25, 0.3) is 11.5 Å². The van der Waals surface area contributed by atoms with Crippen LogP contribution in [0.2, 0.25) is 0 Å². The highest BCUT2D eigenvalue weighted by atomic mass is 32.2. The van der Waals surface area contributed by atoms with Crippen LogP contribution in [0.5, 0.6) is 11.6 Å². The molecule has 10 heteroatoms. The Balaban J connectivity index is 1.48. The maximum absolute atomic E-state index is 13.2. The number of ketones is 1. The lowest BCUT2D eigenvalue weighted by Gasteiger charge is -2.26. The Labute approximate surface area is 230 Å². The molecule has 4 rings (SSSR count). The van der Waals surface area contributed by atoms with Crippen LogP contribution >= 0.6 is 24.0 Å². The summed E-state index contributed by atoms with van der Waals surface area (Å²) < 4.78 is 6.82. The second-order valence-corrected chi connectivity index (χ2v) is 11.1. The lowest BCUT2D eigenvalue weighted by atomic mass is 9.93. The van der Waals surface area contributed by atoms with Crippen molar-refractivity contribution < 1.29 is 19.4 Å². The summed E-state index contributed by atoms with van der Waals surface area (Å²) in [5, 5.41) is 20.6. The molecule has 0 atom stereocenters. The predicted molar refractivity (Wildman–Crippen MR) is 150 cm³/mol. The molecule has 0 bridgehead atoms. The van der Waals surface area contributed by atoms with Gasteiger partial charge in [0.05, 0.1) is 17.6 Å². The second kappa shape index (κ2) is 12.0. The van der Waals surface area contributed by atoms with Gasteiger partial charge in [0, 0.05) is 19.0 Å². The van der Waals surface area contributed by atoms with E-state index in [4.69, 9.17) is 17.0 Å². The van der Waals surface area contributed by atoms with Gasteiger partial charge in [0.15, 0.2) is 5.78 Å². The molecule has 0 spiro atoms. The summed E-state index contributed by atoms with van der Waals surface area (Å²) in [6, 6.07) is 9.01. The number of methoxy groups -OCH3 is 1. The van der Waals surface area contributed by atoms with Crippen molar-refractivity contribution in [2.75, 3.05) is 13.7 Å². The molecule has 1 saturated carbocycles. The van der Waals surface area contributed by atoms with Crippen LogP contribution in [-0.4, -0.2) is 44.2 Å². The molecular weight excluding hydrogens is 522 g/mol. The Hall–Kier alpha value is -3.42. The molecule has 2 fully saturated rings. The Kier molecular flexibility index (Phi) is 8.69. The maximum Gasteiger partial charge on any atom is 0.271 e. The van der Waals surface area contributed by atoms with Gasteiger partial charge in [0.1, 0.15) is 21.7 Å². The zero-order chi connectivity index (χ0) is 27.4. The van der Waals surface area contributed by atoms with E-state index in [1.807, 2.05) is 30.3 Å². The number of carbonyl (C=O) groups excluding carboxylic acids is 2. The van der Waals surface area contributed by atoms with Crippen LogP contribution in [0.4, 0.5) is 0 Å². The molecule has 1 aromatic carbocycles. The summed E-state index contributed by atoms with van der Waals surface area (Å²) in [4.78, 5) is 41.1. The van der Waals surface area contributed by atoms with Gasteiger partial charge in [-0.15, -0.1) is 0 Å². The summed E-state index contributed by atoms with van der Waals surface area (Å²) in [5.41, 5.74) is 0.384. The average Bonchev–Trinajstić information content (AvgIpc) is 3.17. The molecule has 2 heterocycles. The van der Waals surface area contributed by atoms with E-state index < -0.39 is 5.56 Å². The average molecular weight is 552 g/mol. The van der Waals surface area contributed by atoms with Crippen molar-refractivity contribution in [2.24, 2.45) is 0 Å². The highest BCUT2D eigenvalue weighted by Gasteiger charge is 2.32. The molecule has 2 aliphatic rings. The smallest absolute Gasteiger partial charge is 0.271 e. The van der Waals surface area contributed by atoms with Crippen molar-refractivity contribution in [1.82, 2.24) is 9.47 Å². The molecule has 0 radical (unpaired) electrons. The Morgan fingerprint density at radius 3 is 2.55 bits per heavy atom. The third-order valence-electron chi connectivity index (χ3n) is 7.04. The quantitative estimate of drug-likeness (QED) is 0.274. The minimum atomic E-state index is -0.549. The summed E-state index contributed by atoms with van der Waals surface area (Å²) in [5.74, 6) is -0.242. The number of hydrogen-bond donors (Lipinski definition) is 1. The van der Waals surface area contributed by atoms with Crippen molar-refractivity contribution in [2.45, 2.75) is 57.9 Å². The minimum absolute atomic E-state index is 0.0107. The monoisotopic (exact) mass is 551 g/mol. The first kappa shape index (κ1) is 27.6. The molecule has 38 heavy (non-hydrogen) atoms. The first-order valence-electron chi connectivity index (χ1n) is 12.6. The van der Waals surface area contributed by atoms with Crippen LogP contribution in [0.1, 0.15) is 78.0 Å². The normalized spacial score (nSPS) is 17.2. The van der Waals surface area contributed by atoms with Gasteiger partial charge < -0.3 is 9.84 Å². The van der Waals surface area contributed by atoms with Gasteiger partial charge in [-0.05, 0) is 55.5 Å². The van der Waals surface area contributed by atoms with Crippen LogP contribution in [-0.2, 0) is 4.79 Å².